The predicted octanol–water partition coefficient (Wildman–Crippen LogP) is 1.18. The van der Waals surface area contributed by atoms with Crippen molar-refractivity contribution in [2.24, 2.45) is 13.0 Å². The monoisotopic (exact) mass is 340 g/mol. The van der Waals surface area contributed by atoms with Gasteiger partial charge in [-0.05, 0) is 37.4 Å². The molecule has 0 radical (unpaired) electrons. The van der Waals surface area contributed by atoms with E-state index in [1.807, 2.05) is 30.6 Å². The number of imidazole rings is 1. The topological polar surface area (TPSA) is 60.4 Å². The molecule has 0 saturated carbocycles. The van der Waals surface area contributed by atoms with E-state index in [0.717, 1.165) is 31.9 Å². The number of likely N-dealkylation sites (tertiary alicyclic amines) is 1. The zero-order chi connectivity index (χ0) is 17.2. The Morgan fingerprint density at radius 2 is 2.16 bits per heavy atom. The molecule has 25 heavy (non-hydrogen) atoms. The Morgan fingerprint density at radius 1 is 1.24 bits per heavy atom. The summed E-state index contributed by atoms with van der Waals surface area (Å²) < 4.78 is 5.28. The molecule has 0 aliphatic carbocycles. The normalized spacial score (nSPS) is 18.8. The van der Waals surface area contributed by atoms with Crippen molar-refractivity contribution in [1.29, 1.82) is 0 Å². The van der Waals surface area contributed by atoms with Gasteiger partial charge < -0.3 is 9.47 Å². The fourth-order valence-corrected chi connectivity index (χ4v) is 3.72. The average Bonchev–Trinajstić information content (AvgIpc) is 3.17. The highest BCUT2D eigenvalue weighted by atomic mass is 16.2. The van der Waals surface area contributed by atoms with Crippen molar-refractivity contribution < 1.29 is 0 Å². The third kappa shape index (κ3) is 3.37. The van der Waals surface area contributed by atoms with Gasteiger partial charge >= 0.3 is 5.69 Å². The van der Waals surface area contributed by atoms with Gasteiger partial charge in [-0.1, -0.05) is 6.07 Å². The molecule has 7 heteroatoms. The van der Waals surface area contributed by atoms with Crippen LogP contribution < -0.4 is 5.69 Å². The van der Waals surface area contributed by atoms with Gasteiger partial charge in [0.1, 0.15) is 5.82 Å². The SMILES string of the molecule is Cn1ccnc1C[C@@H]1CCCN(CCn2nc3ccccn3c2=O)C1. The van der Waals surface area contributed by atoms with E-state index >= 15 is 0 Å². The van der Waals surface area contributed by atoms with E-state index in [0.29, 0.717) is 18.1 Å². The molecule has 132 valence electrons. The second-order valence-corrected chi connectivity index (χ2v) is 6.90. The smallest absolute Gasteiger partial charge is 0.338 e. The first-order chi connectivity index (χ1) is 12.2. The summed E-state index contributed by atoms with van der Waals surface area (Å²) in [4.78, 5) is 19.3. The Hall–Kier alpha value is -2.41. The van der Waals surface area contributed by atoms with Crippen LogP contribution in [0, 0.1) is 5.92 Å². The number of pyridine rings is 1. The highest BCUT2D eigenvalue weighted by Gasteiger charge is 2.21. The first-order valence-electron chi connectivity index (χ1n) is 8.93. The molecule has 0 bridgehead atoms. The summed E-state index contributed by atoms with van der Waals surface area (Å²) in [6.45, 7) is 3.66. The van der Waals surface area contributed by atoms with Gasteiger partial charge in [0, 0.05) is 45.1 Å². The molecule has 3 aromatic rings. The molecule has 1 aliphatic heterocycles. The van der Waals surface area contributed by atoms with Gasteiger partial charge in [0.25, 0.3) is 0 Å². The van der Waals surface area contributed by atoms with Gasteiger partial charge in [-0.25, -0.2) is 14.5 Å². The van der Waals surface area contributed by atoms with E-state index in [-0.39, 0.29) is 5.69 Å². The van der Waals surface area contributed by atoms with Crippen LogP contribution in [0.25, 0.3) is 5.65 Å². The van der Waals surface area contributed by atoms with Gasteiger partial charge in [-0.2, -0.15) is 0 Å². The largest absolute Gasteiger partial charge is 0.350 e. The summed E-state index contributed by atoms with van der Waals surface area (Å²) in [7, 11) is 2.05. The molecule has 0 amide bonds. The Labute approximate surface area is 146 Å². The summed E-state index contributed by atoms with van der Waals surface area (Å²) in [6.07, 6.45) is 9.11. The summed E-state index contributed by atoms with van der Waals surface area (Å²) in [5.41, 5.74) is 0.649. The van der Waals surface area contributed by atoms with Crippen LogP contribution in [0.5, 0.6) is 0 Å². The lowest BCUT2D eigenvalue weighted by atomic mass is 9.94. The minimum Gasteiger partial charge on any atom is -0.338 e. The van der Waals surface area contributed by atoms with E-state index < -0.39 is 0 Å². The van der Waals surface area contributed by atoms with E-state index in [4.69, 9.17) is 0 Å². The van der Waals surface area contributed by atoms with E-state index in [9.17, 15) is 4.79 Å². The van der Waals surface area contributed by atoms with E-state index in [1.54, 1.807) is 15.3 Å². The Kier molecular flexibility index (Phi) is 4.40. The van der Waals surface area contributed by atoms with Crippen LogP contribution in [0.3, 0.4) is 0 Å². The van der Waals surface area contributed by atoms with Crippen LogP contribution >= 0.6 is 0 Å². The summed E-state index contributed by atoms with van der Waals surface area (Å²) in [5, 5.41) is 4.42. The fourth-order valence-electron chi connectivity index (χ4n) is 3.72. The Balaban J connectivity index is 1.38. The van der Waals surface area contributed by atoms with Crippen LogP contribution in [0.4, 0.5) is 0 Å². The molecule has 1 fully saturated rings. The first kappa shape index (κ1) is 16.1. The maximum absolute atomic E-state index is 12.3. The Bertz CT molecular complexity index is 908. The molecule has 4 rings (SSSR count). The van der Waals surface area contributed by atoms with Crippen LogP contribution in [0.15, 0.2) is 41.6 Å². The molecular weight excluding hydrogens is 316 g/mol. The molecule has 1 saturated heterocycles. The average molecular weight is 340 g/mol. The lowest BCUT2D eigenvalue weighted by molar-refractivity contribution is 0.165. The molecule has 4 heterocycles. The molecule has 0 N–H and O–H groups in total. The number of hydrogen-bond donors (Lipinski definition) is 0. The minimum absolute atomic E-state index is 0.0582. The molecule has 0 aromatic carbocycles. The van der Waals surface area contributed by atoms with E-state index in [2.05, 4.69) is 26.6 Å². The molecule has 0 unspecified atom stereocenters. The van der Waals surface area contributed by atoms with Crippen molar-refractivity contribution in [2.75, 3.05) is 19.6 Å². The number of fused-ring (bicyclic) bond motifs is 1. The zero-order valence-electron chi connectivity index (χ0n) is 14.6. The quantitative estimate of drug-likeness (QED) is 0.700. The third-order valence-electron chi connectivity index (χ3n) is 5.11. The molecule has 3 aromatic heterocycles. The number of piperidine rings is 1. The number of aryl methyl sites for hydroxylation is 1. The molecular formula is C18H24N6O. The Morgan fingerprint density at radius 3 is 2.96 bits per heavy atom. The van der Waals surface area contributed by atoms with Crippen molar-refractivity contribution in [3.8, 4) is 0 Å². The number of nitrogens with zero attached hydrogens (tertiary/aromatic N) is 6. The number of hydrogen-bond acceptors (Lipinski definition) is 4. The summed E-state index contributed by atoms with van der Waals surface area (Å²) in [6, 6.07) is 5.62. The molecule has 0 spiro atoms. The lowest BCUT2D eigenvalue weighted by Gasteiger charge is -2.32. The molecule has 7 nitrogen and oxygen atoms in total. The van der Waals surface area contributed by atoms with Crippen molar-refractivity contribution >= 4 is 5.65 Å². The second-order valence-electron chi connectivity index (χ2n) is 6.90. The van der Waals surface area contributed by atoms with Crippen LogP contribution in [-0.2, 0) is 20.0 Å². The van der Waals surface area contributed by atoms with Crippen molar-refractivity contribution in [1.82, 2.24) is 28.6 Å². The maximum atomic E-state index is 12.3. The van der Waals surface area contributed by atoms with Gasteiger partial charge in [-0.3, -0.25) is 4.40 Å². The zero-order valence-corrected chi connectivity index (χ0v) is 14.6. The van der Waals surface area contributed by atoms with Gasteiger partial charge in [0.2, 0.25) is 0 Å². The molecule has 1 atom stereocenters. The van der Waals surface area contributed by atoms with Gasteiger partial charge in [-0.15, -0.1) is 5.10 Å². The summed E-state index contributed by atoms with van der Waals surface area (Å²) >= 11 is 0. The number of aromatic nitrogens is 5. The van der Waals surface area contributed by atoms with E-state index in [1.165, 1.54) is 12.8 Å². The van der Waals surface area contributed by atoms with Crippen LogP contribution in [0.2, 0.25) is 0 Å². The lowest BCUT2D eigenvalue weighted by Crippen LogP contribution is -2.39. The van der Waals surface area contributed by atoms with Gasteiger partial charge in [0.15, 0.2) is 5.65 Å². The second kappa shape index (κ2) is 6.84. The van der Waals surface area contributed by atoms with Crippen LogP contribution in [0.1, 0.15) is 18.7 Å². The first-order valence-corrected chi connectivity index (χ1v) is 8.93. The van der Waals surface area contributed by atoms with Crippen LogP contribution in [-0.4, -0.2) is 48.3 Å². The fraction of sp³-hybridized carbons (Fsp3) is 0.500. The van der Waals surface area contributed by atoms with Gasteiger partial charge in [0.05, 0.1) is 6.54 Å². The predicted molar refractivity (Wildman–Crippen MR) is 95.5 cm³/mol. The third-order valence-corrected chi connectivity index (χ3v) is 5.11. The highest BCUT2D eigenvalue weighted by molar-refractivity contribution is 5.35. The summed E-state index contributed by atoms with van der Waals surface area (Å²) in [5.74, 6) is 1.79. The van der Waals surface area contributed by atoms with Crippen molar-refractivity contribution in [2.45, 2.75) is 25.8 Å². The standard InChI is InChI=1S/C18H24N6O/c1-21-10-7-19-17(21)13-15-5-4-8-22(14-15)11-12-24-18(25)23-9-3-2-6-16(23)20-24/h2-3,6-7,9-10,15H,4-5,8,11-14H2,1H3/t15-/m0/s1. The van der Waals surface area contributed by atoms with Crippen molar-refractivity contribution in [3.05, 3.63) is 53.1 Å². The highest BCUT2D eigenvalue weighted by Crippen LogP contribution is 2.20. The maximum Gasteiger partial charge on any atom is 0.350 e. The minimum atomic E-state index is -0.0582. The van der Waals surface area contributed by atoms with Crippen molar-refractivity contribution in [3.63, 3.8) is 0 Å². The number of rotatable bonds is 5. The molecule has 1 aliphatic rings.